The summed E-state index contributed by atoms with van der Waals surface area (Å²) in [4.78, 5) is 24.6. The van der Waals surface area contributed by atoms with Crippen LogP contribution >= 0.6 is 11.8 Å². The number of aromatic nitrogens is 2. The van der Waals surface area contributed by atoms with Crippen molar-refractivity contribution in [3.05, 3.63) is 30.1 Å². The summed E-state index contributed by atoms with van der Waals surface area (Å²) in [5, 5.41) is 13.8. The lowest BCUT2D eigenvalue weighted by atomic mass is 9.53. The molecule has 0 unspecified atom stereocenters. The molecule has 4 aliphatic carbocycles. The molecule has 31 heavy (non-hydrogen) atoms. The van der Waals surface area contributed by atoms with Gasteiger partial charge >= 0.3 is 6.03 Å². The second kappa shape index (κ2) is 8.26. The molecule has 1 aromatic heterocycles. The van der Waals surface area contributed by atoms with E-state index in [1.165, 1.54) is 43.2 Å². The summed E-state index contributed by atoms with van der Waals surface area (Å²) in [5.74, 6) is 2.22. The number of urea groups is 1. The molecule has 0 spiro atoms. The van der Waals surface area contributed by atoms with Crippen molar-refractivity contribution in [3.63, 3.8) is 0 Å². The lowest BCUT2D eigenvalue weighted by Gasteiger charge is -2.56. The lowest BCUT2D eigenvalue weighted by molar-refractivity contribution is -0.119. The van der Waals surface area contributed by atoms with Gasteiger partial charge in [0.05, 0.1) is 0 Å². The van der Waals surface area contributed by atoms with Crippen molar-refractivity contribution in [2.75, 3.05) is 5.75 Å². The Labute approximate surface area is 183 Å². The fraction of sp³-hybridized carbons (Fsp3) is 0.545. The minimum absolute atomic E-state index is 0.117. The summed E-state index contributed by atoms with van der Waals surface area (Å²) < 4.78 is 18.6. The zero-order valence-corrected chi connectivity index (χ0v) is 17.9. The van der Waals surface area contributed by atoms with E-state index in [1.54, 1.807) is 12.1 Å². The number of rotatable bonds is 6. The molecule has 4 bridgehead atoms. The number of imide groups is 1. The van der Waals surface area contributed by atoms with Gasteiger partial charge in [-0.15, -0.1) is 10.2 Å². The number of halogens is 1. The third-order valence-electron chi connectivity index (χ3n) is 6.72. The van der Waals surface area contributed by atoms with Crippen molar-refractivity contribution >= 4 is 23.7 Å². The van der Waals surface area contributed by atoms with Gasteiger partial charge in [-0.1, -0.05) is 11.8 Å². The van der Waals surface area contributed by atoms with Crippen LogP contribution in [0.2, 0.25) is 0 Å². The van der Waals surface area contributed by atoms with E-state index in [2.05, 4.69) is 20.8 Å². The largest absolute Gasteiger partial charge is 0.411 e. The fourth-order valence-corrected chi connectivity index (χ4v) is 6.63. The molecule has 6 rings (SSSR count). The average molecular weight is 445 g/mol. The molecule has 0 aliphatic heterocycles. The molecule has 0 saturated heterocycles. The van der Waals surface area contributed by atoms with Crippen LogP contribution in [0, 0.1) is 23.6 Å². The summed E-state index contributed by atoms with van der Waals surface area (Å²) in [6.07, 6.45) is 7.21. The van der Waals surface area contributed by atoms with Crippen molar-refractivity contribution < 1.29 is 18.4 Å². The second-order valence-corrected chi connectivity index (χ2v) is 10.2. The number of thioether (sulfide) groups is 1. The molecule has 4 saturated carbocycles. The number of hydrogen-bond acceptors (Lipinski definition) is 6. The smallest absolute Gasteiger partial charge is 0.321 e. The third kappa shape index (κ3) is 4.61. The van der Waals surface area contributed by atoms with E-state index in [9.17, 15) is 14.0 Å². The quantitative estimate of drug-likeness (QED) is 0.650. The van der Waals surface area contributed by atoms with Gasteiger partial charge in [-0.3, -0.25) is 10.1 Å². The molecule has 1 heterocycles. The average Bonchev–Trinajstić information content (AvgIpc) is 3.15. The summed E-state index contributed by atoms with van der Waals surface area (Å²) >= 11 is 1.24. The molecule has 4 fully saturated rings. The molecule has 3 amide bonds. The van der Waals surface area contributed by atoms with Crippen LogP contribution in [0.25, 0.3) is 11.5 Å². The molecule has 2 N–H and O–H groups in total. The van der Waals surface area contributed by atoms with E-state index in [-0.39, 0.29) is 29.7 Å². The number of nitrogens with one attached hydrogen (secondary N) is 2. The third-order valence-corrected chi connectivity index (χ3v) is 7.54. The normalized spacial score (nSPS) is 28.5. The Kier molecular flexibility index (Phi) is 5.45. The molecular formula is C22H25FN4O3S. The van der Waals surface area contributed by atoms with Crippen LogP contribution < -0.4 is 10.6 Å². The lowest BCUT2D eigenvalue weighted by Crippen LogP contribution is -2.61. The zero-order chi connectivity index (χ0) is 21.4. The Balaban J connectivity index is 1.07. The molecule has 4 aliphatic rings. The first kappa shape index (κ1) is 20.5. The van der Waals surface area contributed by atoms with E-state index in [0.29, 0.717) is 22.4 Å². The summed E-state index contributed by atoms with van der Waals surface area (Å²) in [6, 6.07) is 5.39. The van der Waals surface area contributed by atoms with Crippen LogP contribution in [0.4, 0.5) is 9.18 Å². The van der Waals surface area contributed by atoms with Crippen LogP contribution in [-0.2, 0) is 4.79 Å². The summed E-state index contributed by atoms with van der Waals surface area (Å²) in [5.41, 5.74) is 0.508. The molecule has 2 aromatic rings. The van der Waals surface area contributed by atoms with Gasteiger partial charge in [0.2, 0.25) is 11.8 Å². The maximum Gasteiger partial charge on any atom is 0.321 e. The van der Waals surface area contributed by atoms with Crippen LogP contribution in [-0.4, -0.2) is 33.4 Å². The molecule has 1 aromatic carbocycles. The highest BCUT2D eigenvalue weighted by Gasteiger charge is 2.51. The van der Waals surface area contributed by atoms with Crippen molar-refractivity contribution in [3.8, 4) is 11.5 Å². The minimum Gasteiger partial charge on any atom is -0.411 e. The van der Waals surface area contributed by atoms with Gasteiger partial charge in [-0.2, -0.15) is 0 Å². The number of nitrogens with zero attached hydrogens (tertiary/aromatic N) is 2. The van der Waals surface area contributed by atoms with E-state index < -0.39 is 0 Å². The molecule has 9 heteroatoms. The van der Waals surface area contributed by atoms with Gasteiger partial charge in [0, 0.05) is 23.3 Å². The molecular weight excluding hydrogens is 419 g/mol. The standard InChI is InChI=1S/C22H25FN4O3S/c23-17-3-1-16(2-4-17)19-26-27-21(30-19)31-6-5-18(28)24-20(29)25-22-10-13-7-14(11-22)9-15(8-13)12-22/h1-4,13-15H,5-12H2,(H2,24,25,28,29). The van der Waals surface area contributed by atoms with E-state index in [0.717, 1.165) is 37.0 Å². The first-order chi connectivity index (χ1) is 15.0. The van der Waals surface area contributed by atoms with Crippen LogP contribution in [0.15, 0.2) is 33.9 Å². The second-order valence-electron chi connectivity index (χ2n) is 9.18. The van der Waals surface area contributed by atoms with Gasteiger partial charge in [-0.05, 0) is 80.5 Å². The predicted octanol–water partition coefficient (Wildman–Crippen LogP) is 4.15. The van der Waals surface area contributed by atoms with Crippen LogP contribution in [0.1, 0.15) is 44.9 Å². The topological polar surface area (TPSA) is 97.1 Å². The zero-order valence-electron chi connectivity index (χ0n) is 17.1. The van der Waals surface area contributed by atoms with Crippen molar-refractivity contribution in [1.82, 2.24) is 20.8 Å². The highest BCUT2D eigenvalue weighted by Crippen LogP contribution is 2.55. The number of carbonyl (C=O) groups is 2. The Morgan fingerprint density at radius 3 is 2.35 bits per heavy atom. The molecule has 0 radical (unpaired) electrons. The van der Waals surface area contributed by atoms with Crippen molar-refractivity contribution in [2.24, 2.45) is 17.8 Å². The van der Waals surface area contributed by atoms with Crippen LogP contribution in [0.5, 0.6) is 0 Å². The van der Waals surface area contributed by atoms with Gasteiger partial charge in [0.25, 0.3) is 5.22 Å². The van der Waals surface area contributed by atoms with Gasteiger partial charge in [0.1, 0.15) is 5.82 Å². The monoisotopic (exact) mass is 444 g/mol. The highest BCUT2D eigenvalue weighted by molar-refractivity contribution is 7.99. The predicted molar refractivity (Wildman–Crippen MR) is 113 cm³/mol. The van der Waals surface area contributed by atoms with Crippen molar-refractivity contribution in [1.29, 1.82) is 0 Å². The maximum atomic E-state index is 13.0. The Morgan fingerprint density at radius 2 is 1.71 bits per heavy atom. The highest BCUT2D eigenvalue weighted by atomic mass is 32.2. The summed E-state index contributed by atoms with van der Waals surface area (Å²) in [6.45, 7) is 0. The van der Waals surface area contributed by atoms with Crippen molar-refractivity contribution in [2.45, 2.75) is 55.7 Å². The fourth-order valence-electron chi connectivity index (χ4n) is 5.93. The SMILES string of the molecule is O=C(CCSc1nnc(-c2ccc(F)cc2)o1)NC(=O)NC12CC3CC(CC(C3)C1)C2. The Hall–Kier alpha value is -2.42. The maximum absolute atomic E-state index is 13.0. The Bertz CT molecular complexity index is 942. The number of amides is 3. The van der Waals surface area contributed by atoms with E-state index in [4.69, 9.17) is 4.42 Å². The van der Waals surface area contributed by atoms with Crippen LogP contribution in [0.3, 0.4) is 0 Å². The number of benzene rings is 1. The molecule has 164 valence electrons. The van der Waals surface area contributed by atoms with E-state index >= 15 is 0 Å². The molecule has 7 nitrogen and oxygen atoms in total. The van der Waals surface area contributed by atoms with Gasteiger partial charge in [-0.25, -0.2) is 9.18 Å². The van der Waals surface area contributed by atoms with Gasteiger partial charge in [0.15, 0.2) is 0 Å². The van der Waals surface area contributed by atoms with E-state index in [1.807, 2.05) is 0 Å². The number of carbonyl (C=O) groups excluding carboxylic acids is 2. The first-order valence-corrected chi connectivity index (χ1v) is 11.8. The summed E-state index contributed by atoms with van der Waals surface area (Å²) in [7, 11) is 0. The van der Waals surface area contributed by atoms with Gasteiger partial charge < -0.3 is 9.73 Å². The minimum atomic E-state index is -0.381. The first-order valence-electron chi connectivity index (χ1n) is 10.8. The number of hydrogen-bond donors (Lipinski definition) is 2. The molecule has 0 atom stereocenters. The Morgan fingerprint density at radius 1 is 1.06 bits per heavy atom.